The van der Waals surface area contributed by atoms with Crippen LogP contribution in [0.1, 0.15) is 30.6 Å². The van der Waals surface area contributed by atoms with E-state index in [1.807, 2.05) is 13.8 Å². The molecular formula is C16H21NO5. The summed E-state index contributed by atoms with van der Waals surface area (Å²) in [6, 6.07) is 6.14. The number of nitrogens with one attached hydrogen (secondary N) is 1. The Morgan fingerprint density at radius 2 is 2.00 bits per heavy atom. The number of ether oxygens (including phenoxy) is 2. The van der Waals surface area contributed by atoms with Crippen molar-refractivity contribution in [3.63, 3.8) is 0 Å². The fourth-order valence-corrected chi connectivity index (χ4v) is 2.54. The van der Waals surface area contributed by atoms with Crippen molar-refractivity contribution in [1.82, 2.24) is 5.32 Å². The van der Waals surface area contributed by atoms with Gasteiger partial charge in [0, 0.05) is 0 Å². The first-order chi connectivity index (χ1) is 10.5. The van der Waals surface area contributed by atoms with Gasteiger partial charge in [0.05, 0.1) is 18.2 Å². The molecule has 1 saturated heterocycles. The maximum Gasteiger partial charge on any atom is 0.335 e. The number of carbonyl (C=O) groups excluding carboxylic acids is 1. The normalized spacial score (nSPS) is 24.0. The minimum atomic E-state index is -0.973. The van der Waals surface area contributed by atoms with E-state index in [2.05, 4.69) is 5.32 Å². The zero-order valence-electron chi connectivity index (χ0n) is 12.7. The maximum atomic E-state index is 12.0. The summed E-state index contributed by atoms with van der Waals surface area (Å²) in [6.45, 7) is 4.66. The van der Waals surface area contributed by atoms with Gasteiger partial charge >= 0.3 is 5.97 Å². The Bertz CT molecular complexity index is 528. The fourth-order valence-electron chi connectivity index (χ4n) is 2.54. The quantitative estimate of drug-likeness (QED) is 0.781. The number of carboxylic acid groups (broad SMARTS) is 1. The van der Waals surface area contributed by atoms with E-state index in [4.69, 9.17) is 14.6 Å². The van der Waals surface area contributed by atoms with Gasteiger partial charge in [-0.05, 0) is 43.5 Å². The second-order valence-electron chi connectivity index (χ2n) is 5.55. The Hall–Kier alpha value is -2.08. The van der Waals surface area contributed by atoms with Crippen LogP contribution in [-0.2, 0) is 9.53 Å². The largest absolute Gasteiger partial charge is 0.492 e. The minimum absolute atomic E-state index is 0.110. The van der Waals surface area contributed by atoms with E-state index in [9.17, 15) is 9.59 Å². The van der Waals surface area contributed by atoms with Gasteiger partial charge in [0.25, 0.3) is 0 Å². The van der Waals surface area contributed by atoms with Crippen LogP contribution in [0.4, 0.5) is 0 Å². The highest BCUT2D eigenvalue weighted by molar-refractivity contribution is 5.87. The monoisotopic (exact) mass is 307 g/mol. The van der Waals surface area contributed by atoms with Crippen LogP contribution in [0, 0.1) is 5.92 Å². The van der Waals surface area contributed by atoms with Crippen LogP contribution in [0.25, 0.3) is 0 Å². The Morgan fingerprint density at radius 3 is 2.55 bits per heavy atom. The highest BCUT2D eigenvalue weighted by Crippen LogP contribution is 2.25. The fraction of sp³-hybridized carbons (Fsp3) is 0.500. The summed E-state index contributed by atoms with van der Waals surface area (Å²) in [5, 5.41) is 11.6. The summed E-state index contributed by atoms with van der Waals surface area (Å²) >= 11 is 0. The van der Waals surface area contributed by atoms with Crippen molar-refractivity contribution in [3.8, 4) is 5.75 Å². The first-order valence-electron chi connectivity index (χ1n) is 7.36. The standard InChI is InChI=1S/C16H21NO5/c1-10-9-11(2)22-14(10)15(18)17-7-8-21-13-5-3-12(4-6-13)16(19)20/h3-6,10-11,14H,7-9H2,1-2H3,(H,17,18)(H,19,20). The molecule has 1 amide bonds. The molecule has 2 rings (SSSR count). The molecule has 1 fully saturated rings. The number of hydrogen-bond acceptors (Lipinski definition) is 4. The Labute approximate surface area is 129 Å². The molecule has 6 heteroatoms. The molecule has 2 N–H and O–H groups in total. The lowest BCUT2D eigenvalue weighted by Crippen LogP contribution is -2.39. The van der Waals surface area contributed by atoms with E-state index in [0.29, 0.717) is 18.9 Å². The number of carboxylic acids is 1. The molecule has 0 aromatic heterocycles. The molecule has 6 nitrogen and oxygen atoms in total. The lowest BCUT2D eigenvalue weighted by Gasteiger charge is -2.15. The third kappa shape index (κ3) is 4.21. The molecule has 0 bridgehead atoms. The molecular weight excluding hydrogens is 286 g/mol. The number of amides is 1. The molecule has 120 valence electrons. The number of rotatable bonds is 6. The zero-order chi connectivity index (χ0) is 16.1. The Balaban J connectivity index is 1.70. The van der Waals surface area contributed by atoms with Crippen molar-refractivity contribution in [3.05, 3.63) is 29.8 Å². The highest BCUT2D eigenvalue weighted by atomic mass is 16.5. The Kier molecular flexibility index (Phi) is 5.38. The molecule has 0 saturated carbocycles. The smallest absolute Gasteiger partial charge is 0.335 e. The zero-order valence-corrected chi connectivity index (χ0v) is 12.7. The summed E-state index contributed by atoms with van der Waals surface area (Å²) in [5.41, 5.74) is 0.210. The Morgan fingerprint density at radius 1 is 1.32 bits per heavy atom. The van der Waals surface area contributed by atoms with Crippen molar-refractivity contribution in [1.29, 1.82) is 0 Å². The lowest BCUT2D eigenvalue weighted by molar-refractivity contribution is -0.133. The molecule has 1 heterocycles. The first kappa shape index (κ1) is 16.3. The third-order valence-corrected chi connectivity index (χ3v) is 3.63. The van der Waals surface area contributed by atoms with Crippen LogP contribution in [0.5, 0.6) is 5.75 Å². The summed E-state index contributed by atoms with van der Waals surface area (Å²) in [5.74, 6) is -0.293. The summed E-state index contributed by atoms with van der Waals surface area (Å²) < 4.78 is 11.0. The van der Waals surface area contributed by atoms with Gasteiger partial charge in [-0.2, -0.15) is 0 Å². The van der Waals surface area contributed by atoms with Gasteiger partial charge in [0.1, 0.15) is 18.5 Å². The third-order valence-electron chi connectivity index (χ3n) is 3.63. The van der Waals surface area contributed by atoms with Crippen molar-refractivity contribution >= 4 is 11.9 Å². The van der Waals surface area contributed by atoms with E-state index >= 15 is 0 Å². The molecule has 3 atom stereocenters. The van der Waals surface area contributed by atoms with Gasteiger partial charge in [0.15, 0.2) is 0 Å². The van der Waals surface area contributed by atoms with E-state index in [1.165, 1.54) is 12.1 Å². The van der Waals surface area contributed by atoms with E-state index in [-0.39, 0.29) is 29.6 Å². The molecule has 1 aromatic rings. The molecule has 0 spiro atoms. The molecule has 1 aliphatic rings. The van der Waals surface area contributed by atoms with Crippen molar-refractivity contribution in [2.75, 3.05) is 13.2 Å². The predicted molar refractivity (Wildman–Crippen MR) is 80.0 cm³/mol. The van der Waals surface area contributed by atoms with E-state index < -0.39 is 5.97 Å². The second kappa shape index (κ2) is 7.26. The van der Waals surface area contributed by atoms with Gasteiger partial charge in [-0.15, -0.1) is 0 Å². The molecule has 3 unspecified atom stereocenters. The van der Waals surface area contributed by atoms with Crippen LogP contribution >= 0.6 is 0 Å². The first-order valence-corrected chi connectivity index (χ1v) is 7.36. The molecule has 0 aliphatic carbocycles. The van der Waals surface area contributed by atoms with Crippen molar-refractivity contribution in [2.24, 2.45) is 5.92 Å². The van der Waals surface area contributed by atoms with Gasteiger partial charge in [-0.1, -0.05) is 6.92 Å². The van der Waals surface area contributed by atoms with Crippen molar-refractivity contribution < 1.29 is 24.2 Å². The number of benzene rings is 1. The van der Waals surface area contributed by atoms with Crippen LogP contribution in [-0.4, -0.2) is 42.3 Å². The number of hydrogen-bond donors (Lipinski definition) is 2. The van der Waals surface area contributed by atoms with Crippen molar-refractivity contribution in [2.45, 2.75) is 32.5 Å². The molecule has 22 heavy (non-hydrogen) atoms. The highest BCUT2D eigenvalue weighted by Gasteiger charge is 2.34. The lowest BCUT2D eigenvalue weighted by atomic mass is 10.0. The topological polar surface area (TPSA) is 84.9 Å². The molecule has 1 aromatic carbocycles. The van der Waals surface area contributed by atoms with Crippen LogP contribution in [0.3, 0.4) is 0 Å². The SMILES string of the molecule is CC1CC(C)C(C(=O)NCCOc2ccc(C(=O)O)cc2)O1. The maximum absolute atomic E-state index is 12.0. The molecule has 1 aliphatic heterocycles. The van der Waals surface area contributed by atoms with Gasteiger partial charge in [0.2, 0.25) is 5.91 Å². The number of aromatic carboxylic acids is 1. The van der Waals surface area contributed by atoms with Gasteiger partial charge in [-0.3, -0.25) is 4.79 Å². The van der Waals surface area contributed by atoms with Gasteiger partial charge < -0.3 is 19.9 Å². The van der Waals surface area contributed by atoms with E-state index in [0.717, 1.165) is 6.42 Å². The summed E-state index contributed by atoms with van der Waals surface area (Å²) in [4.78, 5) is 22.7. The van der Waals surface area contributed by atoms with Gasteiger partial charge in [-0.25, -0.2) is 4.79 Å². The minimum Gasteiger partial charge on any atom is -0.492 e. The summed E-state index contributed by atoms with van der Waals surface area (Å²) in [7, 11) is 0. The van der Waals surface area contributed by atoms with Crippen LogP contribution in [0.2, 0.25) is 0 Å². The van der Waals surface area contributed by atoms with E-state index in [1.54, 1.807) is 12.1 Å². The van der Waals surface area contributed by atoms with Crippen LogP contribution < -0.4 is 10.1 Å². The average molecular weight is 307 g/mol. The second-order valence-corrected chi connectivity index (χ2v) is 5.55. The average Bonchev–Trinajstić information content (AvgIpc) is 2.82. The molecule has 0 radical (unpaired) electrons. The predicted octanol–water partition coefficient (Wildman–Crippen LogP) is 1.69. The number of carbonyl (C=O) groups is 2. The summed E-state index contributed by atoms with van der Waals surface area (Å²) in [6.07, 6.45) is 0.629. The van der Waals surface area contributed by atoms with Crippen LogP contribution in [0.15, 0.2) is 24.3 Å².